The smallest absolute Gasteiger partial charge is 0.105 e. The molecule has 0 unspecified atom stereocenters. The van der Waals surface area contributed by atoms with E-state index in [1.54, 1.807) is 0 Å². The number of benzene rings is 1. The van der Waals surface area contributed by atoms with Crippen LogP contribution in [0.15, 0.2) is 36.7 Å². The molecule has 5 heteroatoms. The normalized spacial score (nSPS) is 23.7. The summed E-state index contributed by atoms with van der Waals surface area (Å²) in [6, 6.07) is 8.67. The van der Waals surface area contributed by atoms with Crippen LogP contribution in [0, 0.1) is 6.92 Å². The molecule has 3 rings (SSSR count). The van der Waals surface area contributed by atoms with Crippen molar-refractivity contribution in [1.82, 2.24) is 20.2 Å². The lowest BCUT2D eigenvalue weighted by Gasteiger charge is -2.45. The van der Waals surface area contributed by atoms with E-state index in [1.165, 1.54) is 24.8 Å². The molecule has 0 amide bonds. The van der Waals surface area contributed by atoms with Gasteiger partial charge in [0, 0.05) is 30.0 Å². The van der Waals surface area contributed by atoms with Gasteiger partial charge in [-0.1, -0.05) is 42.6 Å². The molecule has 0 saturated heterocycles. The molecule has 1 aromatic heterocycles. The van der Waals surface area contributed by atoms with Crippen LogP contribution < -0.4 is 10.6 Å². The fraction of sp³-hybridized carbons (Fsp3) is 0.550. The number of aryl methyl sites for hydroxylation is 2. The first kappa shape index (κ1) is 18.4. The molecule has 0 aliphatic heterocycles. The molecule has 1 heterocycles. The van der Waals surface area contributed by atoms with E-state index in [-0.39, 0.29) is 5.54 Å². The number of nitrogens with zero attached hydrogens (tertiary/aromatic N) is 2. The Kier molecular flexibility index (Phi) is 6.15. The summed E-state index contributed by atoms with van der Waals surface area (Å²) in [5, 5.41) is 8.30. The van der Waals surface area contributed by atoms with E-state index in [0.717, 1.165) is 36.8 Å². The van der Waals surface area contributed by atoms with Crippen LogP contribution in [0.5, 0.6) is 0 Å². The van der Waals surface area contributed by atoms with Gasteiger partial charge in [0.05, 0.1) is 5.54 Å². The van der Waals surface area contributed by atoms with Crippen molar-refractivity contribution in [3.63, 3.8) is 0 Å². The number of halogens is 1. The maximum Gasteiger partial charge on any atom is 0.105 e. The molecule has 2 aromatic rings. The van der Waals surface area contributed by atoms with Crippen molar-refractivity contribution in [3.05, 3.63) is 53.1 Å². The van der Waals surface area contributed by atoms with Crippen molar-refractivity contribution in [1.29, 1.82) is 0 Å². The Hall–Kier alpha value is -1.36. The Morgan fingerprint density at radius 1 is 1.32 bits per heavy atom. The summed E-state index contributed by atoms with van der Waals surface area (Å²) in [5.41, 5.74) is 1.14. The summed E-state index contributed by atoms with van der Waals surface area (Å²) < 4.78 is 2.21. The highest BCUT2D eigenvalue weighted by molar-refractivity contribution is 6.31. The van der Waals surface area contributed by atoms with Crippen LogP contribution in [0.2, 0.25) is 5.02 Å². The van der Waals surface area contributed by atoms with Gasteiger partial charge in [-0.2, -0.15) is 0 Å². The molecule has 4 nitrogen and oxygen atoms in total. The van der Waals surface area contributed by atoms with E-state index in [2.05, 4.69) is 52.5 Å². The fourth-order valence-electron chi connectivity index (χ4n) is 4.19. The predicted octanol–water partition coefficient (Wildman–Crippen LogP) is 3.88. The molecule has 1 fully saturated rings. The number of aromatic nitrogens is 2. The Bertz CT molecular complexity index is 684. The van der Waals surface area contributed by atoms with Gasteiger partial charge in [-0.05, 0) is 51.4 Å². The Morgan fingerprint density at radius 3 is 2.88 bits per heavy atom. The minimum atomic E-state index is -0.0818. The van der Waals surface area contributed by atoms with Gasteiger partial charge in [-0.3, -0.25) is 0 Å². The highest BCUT2D eigenvalue weighted by atomic mass is 35.5. The number of likely N-dealkylation sites (N-methyl/N-ethyl adjacent to an activating group) is 1. The highest BCUT2D eigenvalue weighted by Gasteiger charge is 2.41. The van der Waals surface area contributed by atoms with Crippen molar-refractivity contribution in [3.8, 4) is 0 Å². The van der Waals surface area contributed by atoms with Gasteiger partial charge in [0.1, 0.15) is 5.82 Å². The molecular weight excluding hydrogens is 332 g/mol. The van der Waals surface area contributed by atoms with Gasteiger partial charge in [0.2, 0.25) is 0 Å². The van der Waals surface area contributed by atoms with Crippen LogP contribution in [0.3, 0.4) is 0 Å². The van der Waals surface area contributed by atoms with Crippen LogP contribution >= 0.6 is 11.6 Å². The van der Waals surface area contributed by atoms with Crippen LogP contribution in [0.4, 0.5) is 0 Å². The Labute approximate surface area is 156 Å². The van der Waals surface area contributed by atoms with Gasteiger partial charge in [-0.15, -0.1) is 0 Å². The molecule has 1 aliphatic carbocycles. The fourth-order valence-corrected chi connectivity index (χ4v) is 4.50. The zero-order valence-electron chi connectivity index (χ0n) is 15.3. The maximum atomic E-state index is 6.56. The highest BCUT2D eigenvalue weighted by Crippen LogP contribution is 2.40. The summed E-state index contributed by atoms with van der Waals surface area (Å²) >= 11 is 6.56. The average Bonchev–Trinajstić information content (AvgIpc) is 3.04. The van der Waals surface area contributed by atoms with Crippen molar-refractivity contribution < 1.29 is 0 Å². The lowest BCUT2D eigenvalue weighted by molar-refractivity contribution is 0.177. The molecule has 1 aliphatic rings. The lowest BCUT2D eigenvalue weighted by Crippen LogP contribution is -2.58. The zero-order valence-corrected chi connectivity index (χ0v) is 16.0. The standard InChI is InChI=1S/C20H29ClN4/c1-16-23-13-15-25(16)14-7-12-24-19-10-5-6-11-20(19,22-2)17-8-3-4-9-18(17)21/h3-4,8-9,13,15,19,22,24H,5-7,10-12,14H2,1-2H3/t19-,20+/m0/s1. The van der Waals surface area contributed by atoms with E-state index in [0.29, 0.717) is 6.04 Å². The van der Waals surface area contributed by atoms with Gasteiger partial charge in [0.15, 0.2) is 0 Å². The maximum absolute atomic E-state index is 6.56. The quantitative estimate of drug-likeness (QED) is 0.736. The summed E-state index contributed by atoms with van der Waals surface area (Å²) in [6.07, 6.45) is 9.81. The number of imidazole rings is 1. The topological polar surface area (TPSA) is 41.9 Å². The summed E-state index contributed by atoms with van der Waals surface area (Å²) in [4.78, 5) is 4.29. The third-order valence-corrected chi connectivity index (χ3v) is 5.93. The minimum absolute atomic E-state index is 0.0818. The second kappa shape index (κ2) is 8.35. The average molecular weight is 361 g/mol. The summed E-state index contributed by atoms with van der Waals surface area (Å²) in [7, 11) is 2.07. The van der Waals surface area contributed by atoms with Gasteiger partial charge in [0.25, 0.3) is 0 Å². The van der Waals surface area contributed by atoms with Gasteiger partial charge < -0.3 is 15.2 Å². The molecule has 1 aromatic carbocycles. The van der Waals surface area contributed by atoms with Crippen molar-refractivity contribution >= 4 is 11.6 Å². The van der Waals surface area contributed by atoms with Crippen LogP contribution in [-0.4, -0.2) is 29.2 Å². The molecular formula is C20H29ClN4. The van der Waals surface area contributed by atoms with E-state index in [1.807, 2.05) is 18.3 Å². The van der Waals surface area contributed by atoms with E-state index >= 15 is 0 Å². The summed E-state index contributed by atoms with van der Waals surface area (Å²) in [5.74, 6) is 1.08. The third kappa shape index (κ3) is 3.91. The number of hydrogen-bond donors (Lipinski definition) is 2. The Morgan fingerprint density at radius 2 is 2.16 bits per heavy atom. The second-order valence-electron chi connectivity index (χ2n) is 6.98. The second-order valence-corrected chi connectivity index (χ2v) is 7.38. The first-order valence-corrected chi connectivity index (χ1v) is 9.70. The molecule has 0 spiro atoms. The van der Waals surface area contributed by atoms with E-state index in [9.17, 15) is 0 Å². The Balaban J connectivity index is 1.67. The molecule has 136 valence electrons. The first-order valence-electron chi connectivity index (χ1n) is 9.32. The van der Waals surface area contributed by atoms with Crippen LogP contribution in [-0.2, 0) is 12.1 Å². The molecule has 0 radical (unpaired) electrons. The molecule has 0 bridgehead atoms. The first-order chi connectivity index (χ1) is 12.2. The zero-order chi connectivity index (χ0) is 17.7. The van der Waals surface area contributed by atoms with Gasteiger partial charge >= 0.3 is 0 Å². The monoisotopic (exact) mass is 360 g/mol. The van der Waals surface area contributed by atoms with Crippen LogP contribution in [0.25, 0.3) is 0 Å². The van der Waals surface area contributed by atoms with Gasteiger partial charge in [-0.25, -0.2) is 4.98 Å². The van der Waals surface area contributed by atoms with E-state index in [4.69, 9.17) is 11.6 Å². The summed E-state index contributed by atoms with van der Waals surface area (Å²) in [6.45, 7) is 4.05. The SMILES string of the molecule is CN[C@@]1(c2ccccc2Cl)CCCC[C@@H]1NCCCn1ccnc1C. The molecule has 25 heavy (non-hydrogen) atoms. The number of rotatable bonds is 7. The molecule has 1 saturated carbocycles. The van der Waals surface area contributed by atoms with E-state index < -0.39 is 0 Å². The van der Waals surface area contributed by atoms with Crippen molar-refractivity contribution in [2.45, 2.75) is 57.2 Å². The van der Waals surface area contributed by atoms with Crippen molar-refractivity contribution in [2.24, 2.45) is 0 Å². The largest absolute Gasteiger partial charge is 0.335 e. The molecule has 2 atom stereocenters. The third-order valence-electron chi connectivity index (χ3n) is 5.60. The predicted molar refractivity (Wildman–Crippen MR) is 104 cm³/mol. The number of nitrogens with one attached hydrogen (secondary N) is 2. The van der Waals surface area contributed by atoms with Crippen LogP contribution in [0.1, 0.15) is 43.5 Å². The van der Waals surface area contributed by atoms with Crippen molar-refractivity contribution in [2.75, 3.05) is 13.6 Å². The molecule has 2 N–H and O–H groups in total. The number of hydrogen-bond acceptors (Lipinski definition) is 3. The lowest BCUT2D eigenvalue weighted by atomic mass is 9.72. The minimum Gasteiger partial charge on any atom is -0.335 e.